The Bertz CT molecular complexity index is 860. The van der Waals surface area contributed by atoms with Crippen molar-refractivity contribution in [3.63, 3.8) is 0 Å². The predicted octanol–water partition coefficient (Wildman–Crippen LogP) is 1.79. The lowest BCUT2D eigenvalue weighted by Gasteiger charge is -2.08. The van der Waals surface area contributed by atoms with Crippen LogP contribution in [0.1, 0.15) is 20.7 Å². The lowest BCUT2D eigenvalue weighted by atomic mass is 10.1. The van der Waals surface area contributed by atoms with Gasteiger partial charge in [0.25, 0.3) is 11.8 Å². The normalized spacial score (nSPS) is 10.3. The fourth-order valence-electron chi connectivity index (χ4n) is 2.34. The van der Waals surface area contributed by atoms with E-state index >= 15 is 0 Å². The first-order valence-corrected chi connectivity index (χ1v) is 7.56. The van der Waals surface area contributed by atoms with Crippen LogP contribution in [-0.2, 0) is 0 Å². The summed E-state index contributed by atoms with van der Waals surface area (Å²) >= 11 is 0. The first-order chi connectivity index (χ1) is 11.8. The summed E-state index contributed by atoms with van der Waals surface area (Å²) in [6, 6.07) is 12.5. The number of para-hydroxylation sites is 1. The second kappa shape index (κ2) is 7.32. The summed E-state index contributed by atoms with van der Waals surface area (Å²) in [5, 5.41) is 6.45. The molecule has 6 heteroatoms. The van der Waals surface area contributed by atoms with Gasteiger partial charge in [-0.15, -0.1) is 0 Å². The van der Waals surface area contributed by atoms with Crippen molar-refractivity contribution in [2.24, 2.45) is 0 Å². The molecule has 1 aromatic carbocycles. The molecule has 0 unspecified atom stereocenters. The summed E-state index contributed by atoms with van der Waals surface area (Å²) < 4.78 is 0. The number of hydrogen-bond acceptors (Lipinski definition) is 4. The van der Waals surface area contributed by atoms with Crippen LogP contribution in [0, 0.1) is 0 Å². The molecule has 0 fully saturated rings. The summed E-state index contributed by atoms with van der Waals surface area (Å²) in [5.41, 5.74) is 1.72. The standard InChI is InChI=1S/C18H16N4O2/c23-17(14-6-9-19-10-7-14)21-11-12-22-18(24)15-5-1-3-13-4-2-8-20-16(13)15/h1-10H,11-12H2,(H,21,23)(H,22,24). The largest absolute Gasteiger partial charge is 0.350 e. The maximum Gasteiger partial charge on any atom is 0.253 e. The SMILES string of the molecule is O=C(NCCNC(=O)c1cccc2cccnc12)c1ccncc1. The van der Waals surface area contributed by atoms with Crippen molar-refractivity contribution >= 4 is 22.7 Å². The number of carbonyl (C=O) groups excluding carboxylic acids is 2. The van der Waals surface area contributed by atoms with Crippen LogP contribution in [0.5, 0.6) is 0 Å². The Kier molecular flexibility index (Phi) is 4.76. The second-order valence-corrected chi connectivity index (χ2v) is 5.13. The van der Waals surface area contributed by atoms with Gasteiger partial charge in [0.15, 0.2) is 0 Å². The van der Waals surface area contributed by atoms with Gasteiger partial charge < -0.3 is 10.6 Å². The number of aromatic nitrogens is 2. The summed E-state index contributed by atoms with van der Waals surface area (Å²) in [6.45, 7) is 0.671. The van der Waals surface area contributed by atoms with Gasteiger partial charge in [-0.3, -0.25) is 19.6 Å². The topological polar surface area (TPSA) is 84.0 Å². The molecule has 0 aliphatic rings. The number of nitrogens with one attached hydrogen (secondary N) is 2. The molecule has 120 valence electrons. The van der Waals surface area contributed by atoms with Crippen molar-refractivity contribution in [1.29, 1.82) is 0 Å². The fourth-order valence-corrected chi connectivity index (χ4v) is 2.34. The van der Waals surface area contributed by atoms with Crippen molar-refractivity contribution in [3.8, 4) is 0 Å². The number of pyridine rings is 2. The Morgan fingerprint density at radius 1 is 0.833 bits per heavy atom. The Hall–Kier alpha value is -3.28. The average molecular weight is 320 g/mol. The molecule has 0 radical (unpaired) electrons. The Balaban J connectivity index is 1.55. The first-order valence-electron chi connectivity index (χ1n) is 7.56. The van der Waals surface area contributed by atoms with Gasteiger partial charge in [0, 0.05) is 42.6 Å². The Labute approximate surface area is 138 Å². The lowest BCUT2D eigenvalue weighted by molar-refractivity contribution is 0.0928. The smallest absolute Gasteiger partial charge is 0.253 e. The first kappa shape index (κ1) is 15.6. The Morgan fingerprint density at radius 2 is 1.54 bits per heavy atom. The van der Waals surface area contributed by atoms with Gasteiger partial charge in [0.05, 0.1) is 11.1 Å². The quantitative estimate of drug-likeness (QED) is 0.702. The molecule has 2 aromatic heterocycles. The molecule has 3 aromatic rings. The van der Waals surface area contributed by atoms with E-state index in [-0.39, 0.29) is 11.8 Å². The minimum absolute atomic E-state index is 0.196. The van der Waals surface area contributed by atoms with Crippen molar-refractivity contribution in [3.05, 3.63) is 72.2 Å². The number of carbonyl (C=O) groups is 2. The third kappa shape index (κ3) is 3.55. The predicted molar refractivity (Wildman–Crippen MR) is 90.6 cm³/mol. The summed E-state index contributed by atoms with van der Waals surface area (Å²) in [5.74, 6) is -0.407. The van der Waals surface area contributed by atoms with Crippen molar-refractivity contribution < 1.29 is 9.59 Å². The lowest BCUT2D eigenvalue weighted by Crippen LogP contribution is -2.34. The van der Waals surface area contributed by atoms with E-state index in [0.29, 0.717) is 29.7 Å². The highest BCUT2D eigenvalue weighted by molar-refractivity contribution is 6.05. The van der Waals surface area contributed by atoms with Crippen molar-refractivity contribution in [2.75, 3.05) is 13.1 Å². The number of hydrogen-bond donors (Lipinski definition) is 2. The number of rotatable bonds is 5. The maximum absolute atomic E-state index is 12.3. The van der Waals surface area contributed by atoms with E-state index in [2.05, 4.69) is 20.6 Å². The van der Waals surface area contributed by atoms with Crippen LogP contribution in [0.3, 0.4) is 0 Å². The maximum atomic E-state index is 12.3. The van der Waals surface area contributed by atoms with Crippen molar-refractivity contribution in [1.82, 2.24) is 20.6 Å². The zero-order valence-corrected chi connectivity index (χ0v) is 12.9. The van der Waals surface area contributed by atoms with Gasteiger partial charge in [-0.1, -0.05) is 18.2 Å². The molecule has 24 heavy (non-hydrogen) atoms. The van der Waals surface area contributed by atoms with E-state index in [1.165, 1.54) is 0 Å². The number of benzene rings is 1. The van der Waals surface area contributed by atoms with E-state index in [4.69, 9.17) is 0 Å². The molecule has 2 N–H and O–H groups in total. The highest BCUT2D eigenvalue weighted by Gasteiger charge is 2.10. The van der Waals surface area contributed by atoms with Crippen LogP contribution in [0.15, 0.2) is 61.1 Å². The molecule has 2 heterocycles. The fraction of sp³-hybridized carbons (Fsp3) is 0.111. The molecule has 0 aliphatic heterocycles. The zero-order chi connectivity index (χ0) is 16.8. The van der Waals surface area contributed by atoms with E-state index in [1.807, 2.05) is 24.3 Å². The van der Waals surface area contributed by atoms with Crippen LogP contribution in [0.4, 0.5) is 0 Å². The van der Waals surface area contributed by atoms with E-state index < -0.39 is 0 Å². The van der Waals surface area contributed by atoms with Gasteiger partial charge in [-0.25, -0.2) is 0 Å². The third-order valence-corrected chi connectivity index (χ3v) is 3.52. The molecule has 0 saturated heterocycles. The molecule has 0 atom stereocenters. The van der Waals surface area contributed by atoms with Gasteiger partial charge in [0.1, 0.15) is 0 Å². The van der Waals surface area contributed by atoms with Gasteiger partial charge >= 0.3 is 0 Å². The number of amides is 2. The zero-order valence-electron chi connectivity index (χ0n) is 12.9. The molecule has 0 bridgehead atoms. The number of nitrogens with zero attached hydrogens (tertiary/aromatic N) is 2. The number of fused-ring (bicyclic) bond motifs is 1. The van der Waals surface area contributed by atoms with Crippen molar-refractivity contribution in [2.45, 2.75) is 0 Å². The molecule has 0 saturated carbocycles. The van der Waals surface area contributed by atoms with Crippen LogP contribution >= 0.6 is 0 Å². The summed E-state index contributed by atoms with van der Waals surface area (Å²) in [7, 11) is 0. The molecular weight excluding hydrogens is 304 g/mol. The molecule has 2 amide bonds. The van der Waals surface area contributed by atoms with Crippen LogP contribution < -0.4 is 10.6 Å². The third-order valence-electron chi connectivity index (χ3n) is 3.52. The van der Waals surface area contributed by atoms with E-state index in [9.17, 15) is 9.59 Å². The molecule has 0 aliphatic carbocycles. The summed E-state index contributed by atoms with van der Waals surface area (Å²) in [6.07, 6.45) is 4.78. The molecular formula is C18H16N4O2. The van der Waals surface area contributed by atoms with Crippen LogP contribution in [0.25, 0.3) is 10.9 Å². The highest BCUT2D eigenvalue weighted by Crippen LogP contribution is 2.15. The molecule has 0 spiro atoms. The van der Waals surface area contributed by atoms with Crippen LogP contribution in [0.2, 0.25) is 0 Å². The monoisotopic (exact) mass is 320 g/mol. The van der Waals surface area contributed by atoms with Crippen LogP contribution in [-0.4, -0.2) is 34.9 Å². The Morgan fingerprint density at radius 3 is 2.33 bits per heavy atom. The average Bonchev–Trinajstić information content (AvgIpc) is 2.65. The van der Waals surface area contributed by atoms with Gasteiger partial charge in [-0.05, 0) is 24.3 Å². The minimum atomic E-state index is -0.211. The van der Waals surface area contributed by atoms with Gasteiger partial charge in [-0.2, -0.15) is 0 Å². The summed E-state index contributed by atoms with van der Waals surface area (Å²) in [4.78, 5) is 32.3. The molecule has 3 rings (SSSR count). The van der Waals surface area contributed by atoms with E-state index in [1.54, 1.807) is 36.8 Å². The second-order valence-electron chi connectivity index (χ2n) is 5.13. The van der Waals surface area contributed by atoms with Gasteiger partial charge in [0.2, 0.25) is 0 Å². The highest BCUT2D eigenvalue weighted by atomic mass is 16.2. The minimum Gasteiger partial charge on any atom is -0.350 e. The van der Waals surface area contributed by atoms with E-state index in [0.717, 1.165) is 5.39 Å². The molecule has 6 nitrogen and oxygen atoms in total.